The maximum atomic E-state index is 5.67. The van der Waals surface area contributed by atoms with Crippen LogP contribution in [0.15, 0.2) is 0 Å². The van der Waals surface area contributed by atoms with Crippen molar-refractivity contribution in [2.45, 2.75) is 26.3 Å². The minimum absolute atomic E-state index is 0.661. The number of nitrogens with two attached hydrogens (primary N) is 1. The van der Waals surface area contributed by atoms with E-state index in [1.54, 1.807) is 0 Å². The second-order valence-corrected chi connectivity index (χ2v) is 4.66. The summed E-state index contributed by atoms with van der Waals surface area (Å²) in [6.45, 7) is 6.44. The molecule has 3 heteroatoms. The lowest BCUT2D eigenvalue weighted by molar-refractivity contribution is 0.232. The van der Waals surface area contributed by atoms with Gasteiger partial charge in [-0.25, -0.2) is 0 Å². The largest absolute Gasteiger partial charge is 0.330 e. The molecule has 2 N–H and O–H groups in total. The molecule has 0 aromatic carbocycles. The molecule has 2 unspecified atom stereocenters. The predicted molar refractivity (Wildman–Crippen MR) is 63.3 cm³/mol. The van der Waals surface area contributed by atoms with Crippen molar-refractivity contribution in [3.05, 3.63) is 0 Å². The third-order valence-corrected chi connectivity index (χ3v) is 3.43. The van der Waals surface area contributed by atoms with Crippen molar-refractivity contribution in [3.63, 3.8) is 0 Å². The van der Waals surface area contributed by atoms with Gasteiger partial charge in [-0.05, 0) is 32.7 Å². The molecule has 13 heavy (non-hydrogen) atoms. The van der Waals surface area contributed by atoms with Gasteiger partial charge in [0.2, 0.25) is 0 Å². The molecule has 0 aliphatic rings. The van der Waals surface area contributed by atoms with Crippen LogP contribution in [0.25, 0.3) is 0 Å². The van der Waals surface area contributed by atoms with Crippen LogP contribution in [0.4, 0.5) is 0 Å². The summed E-state index contributed by atoms with van der Waals surface area (Å²) in [5, 5.41) is 0. The van der Waals surface area contributed by atoms with E-state index in [0.717, 1.165) is 13.1 Å². The minimum Gasteiger partial charge on any atom is -0.330 e. The first-order valence-electron chi connectivity index (χ1n) is 5.04. The van der Waals surface area contributed by atoms with Crippen LogP contribution in [0, 0.1) is 5.92 Å². The lowest BCUT2D eigenvalue weighted by Crippen LogP contribution is -2.37. The van der Waals surface area contributed by atoms with E-state index in [9.17, 15) is 0 Å². The molecule has 0 spiro atoms. The molecule has 0 aliphatic carbocycles. The second kappa shape index (κ2) is 7.65. The van der Waals surface area contributed by atoms with Crippen LogP contribution >= 0.6 is 11.8 Å². The highest BCUT2D eigenvalue weighted by Crippen LogP contribution is 2.08. The van der Waals surface area contributed by atoms with Crippen molar-refractivity contribution in [3.8, 4) is 0 Å². The van der Waals surface area contributed by atoms with Gasteiger partial charge in [0.25, 0.3) is 0 Å². The van der Waals surface area contributed by atoms with Crippen LogP contribution in [-0.2, 0) is 0 Å². The van der Waals surface area contributed by atoms with E-state index < -0.39 is 0 Å². The highest BCUT2D eigenvalue weighted by Gasteiger charge is 2.12. The van der Waals surface area contributed by atoms with Gasteiger partial charge in [0.1, 0.15) is 0 Å². The van der Waals surface area contributed by atoms with Crippen LogP contribution in [-0.4, -0.2) is 43.1 Å². The average molecular weight is 204 g/mol. The molecule has 0 bridgehead atoms. The van der Waals surface area contributed by atoms with Gasteiger partial charge >= 0.3 is 0 Å². The number of thioether (sulfide) groups is 1. The summed E-state index contributed by atoms with van der Waals surface area (Å²) in [5.41, 5.74) is 5.67. The predicted octanol–water partition coefficient (Wildman–Crippen LogP) is 1.65. The Morgan fingerprint density at radius 1 is 1.46 bits per heavy atom. The monoisotopic (exact) mass is 204 g/mol. The number of hydrogen-bond acceptors (Lipinski definition) is 3. The van der Waals surface area contributed by atoms with Crippen LogP contribution < -0.4 is 5.73 Å². The summed E-state index contributed by atoms with van der Waals surface area (Å²) in [6.07, 6.45) is 3.34. The quantitative estimate of drug-likeness (QED) is 0.684. The first-order chi connectivity index (χ1) is 6.15. The Morgan fingerprint density at radius 3 is 2.46 bits per heavy atom. The van der Waals surface area contributed by atoms with Crippen molar-refractivity contribution in [1.29, 1.82) is 0 Å². The van der Waals surface area contributed by atoms with Gasteiger partial charge in [-0.3, -0.25) is 0 Å². The van der Waals surface area contributed by atoms with Gasteiger partial charge in [-0.2, -0.15) is 11.8 Å². The van der Waals surface area contributed by atoms with Crippen LogP contribution in [0.3, 0.4) is 0 Å². The molecule has 0 saturated carbocycles. The minimum atomic E-state index is 0.661. The Bertz CT molecular complexity index is 115. The topological polar surface area (TPSA) is 29.3 Å². The standard InChI is InChI=1S/C10H24N2S/c1-5-10(6-11)7-12(3)9(2)8-13-4/h9-10H,5-8,11H2,1-4H3. The fourth-order valence-corrected chi connectivity index (χ4v) is 2.06. The molecule has 2 atom stereocenters. The Labute approximate surface area is 87.2 Å². The maximum Gasteiger partial charge on any atom is 0.0155 e. The molecule has 0 saturated heterocycles. The molecular weight excluding hydrogens is 180 g/mol. The summed E-state index contributed by atoms with van der Waals surface area (Å²) in [6, 6.07) is 0.663. The Balaban J connectivity index is 3.75. The molecule has 2 nitrogen and oxygen atoms in total. The van der Waals surface area contributed by atoms with Crippen molar-refractivity contribution < 1.29 is 0 Å². The molecule has 0 rings (SSSR count). The van der Waals surface area contributed by atoms with Crippen LogP contribution in [0.5, 0.6) is 0 Å². The molecular formula is C10H24N2S. The van der Waals surface area contributed by atoms with E-state index in [1.165, 1.54) is 12.2 Å². The Hall–Kier alpha value is 0.270. The van der Waals surface area contributed by atoms with Crippen molar-refractivity contribution in [1.82, 2.24) is 4.90 Å². The smallest absolute Gasteiger partial charge is 0.0155 e. The van der Waals surface area contributed by atoms with E-state index in [2.05, 4.69) is 32.1 Å². The normalized spacial score (nSPS) is 16.2. The van der Waals surface area contributed by atoms with Crippen molar-refractivity contribution in [2.24, 2.45) is 11.7 Å². The van der Waals surface area contributed by atoms with Crippen LogP contribution in [0.1, 0.15) is 20.3 Å². The number of rotatable bonds is 7. The lowest BCUT2D eigenvalue weighted by Gasteiger charge is -2.27. The fraction of sp³-hybridized carbons (Fsp3) is 1.00. The van der Waals surface area contributed by atoms with Gasteiger partial charge in [-0.1, -0.05) is 13.3 Å². The Kier molecular flexibility index (Phi) is 7.81. The zero-order valence-corrected chi connectivity index (χ0v) is 10.2. The maximum absolute atomic E-state index is 5.67. The number of hydrogen-bond donors (Lipinski definition) is 1. The highest BCUT2D eigenvalue weighted by molar-refractivity contribution is 7.98. The SMILES string of the molecule is CCC(CN)CN(C)C(C)CSC. The van der Waals surface area contributed by atoms with Gasteiger partial charge in [-0.15, -0.1) is 0 Å². The van der Waals surface area contributed by atoms with Crippen molar-refractivity contribution >= 4 is 11.8 Å². The first kappa shape index (κ1) is 13.3. The summed E-state index contributed by atoms with van der Waals surface area (Å²) < 4.78 is 0. The molecule has 0 radical (unpaired) electrons. The zero-order chi connectivity index (χ0) is 10.3. The van der Waals surface area contributed by atoms with Crippen LogP contribution in [0.2, 0.25) is 0 Å². The molecule has 0 aliphatic heterocycles. The molecule has 0 fully saturated rings. The van der Waals surface area contributed by atoms with E-state index in [0.29, 0.717) is 12.0 Å². The Morgan fingerprint density at radius 2 is 2.08 bits per heavy atom. The van der Waals surface area contributed by atoms with E-state index >= 15 is 0 Å². The van der Waals surface area contributed by atoms with E-state index in [1.807, 2.05) is 11.8 Å². The van der Waals surface area contributed by atoms with Gasteiger partial charge in [0.05, 0.1) is 0 Å². The molecule has 80 valence electrons. The average Bonchev–Trinajstić information content (AvgIpc) is 2.14. The summed E-state index contributed by atoms with van der Waals surface area (Å²) in [5.74, 6) is 1.87. The van der Waals surface area contributed by atoms with E-state index in [4.69, 9.17) is 5.73 Å². The molecule has 0 heterocycles. The summed E-state index contributed by atoms with van der Waals surface area (Å²) in [4.78, 5) is 2.41. The van der Waals surface area contributed by atoms with Gasteiger partial charge < -0.3 is 10.6 Å². The first-order valence-corrected chi connectivity index (χ1v) is 6.44. The number of nitrogens with zero attached hydrogens (tertiary/aromatic N) is 1. The lowest BCUT2D eigenvalue weighted by atomic mass is 10.1. The summed E-state index contributed by atoms with van der Waals surface area (Å²) in [7, 11) is 2.19. The highest BCUT2D eigenvalue weighted by atomic mass is 32.2. The van der Waals surface area contributed by atoms with Gasteiger partial charge in [0.15, 0.2) is 0 Å². The zero-order valence-electron chi connectivity index (χ0n) is 9.42. The van der Waals surface area contributed by atoms with Gasteiger partial charge in [0, 0.05) is 18.3 Å². The third-order valence-electron chi connectivity index (χ3n) is 2.62. The molecule has 0 amide bonds. The fourth-order valence-electron chi connectivity index (χ4n) is 1.33. The second-order valence-electron chi connectivity index (χ2n) is 3.75. The molecule has 0 aromatic heterocycles. The third kappa shape index (κ3) is 5.55. The summed E-state index contributed by atoms with van der Waals surface area (Å²) >= 11 is 1.91. The molecule has 0 aromatic rings. The van der Waals surface area contributed by atoms with E-state index in [-0.39, 0.29) is 0 Å². The van der Waals surface area contributed by atoms with Crippen molar-refractivity contribution in [2.75, 3.05) is 32.1 Å².